The predicted octanol–water partition coefficient (Wildman–Crippen LogP) is 1.03. The van der Waals surface area contributed by atoms with E-state index < -0.39 is 11.7 Å². The molecule has 2 aromatic rings. The second kappa shape index (κ2) is 8.68. The largest absolute Gasteiger partial charge is 0.493 e. The number of tetrazole rings is 1. The van der Waals surface area contributed by atoms with Gasteiger partial charge >= 0.3 is 0 Å². The minimum atomic E-state index is -0.623. The fraction of sp³-hybridized carbons (Fsp3) is 0.500. The number of likely N-dealkylation sites (tertiary alicyclic amines) is 1. The zero-order valence-corrected chi connectivity index (χ0v) is 16.1. The summed E-state index contributed by atoms with van der Waals surface area (Å²) >= 11 is 0. The Morgan fingerprint density at radius 3 is 2.43 bits per heavy atom. The number of hydrogen-bond acceptors (Lipinski definition) is 8. The van der Waals surface area contributed by atoms with Crippen LogP contribution in [0.1, 0.15) is 35.4 Å². The number of carbonyl (C=O) groups excluding carboxylic acids is 2. The molecule has 1 aliphatic heterocycles. The van der Waals surface area contributed by atoms with Gasteiger partial charge in [0.05, 0.1) is 21.3 Å². The molecule has 1 N–H and O–H groups in total. The highest BCUT2D eigenvalue weighted by molar-refractivity contribution is 6.43. The molecule has 1 aromatic heterocycles. The number of benzene rings is 1. The number of aromatic amines is 1. The summed E-state index contributed by atoms with van der Waals surface area (Å²) in [7, 11) is 4.39. The zero-order valence-electron chi connectivity index (χ0n) is 16.1. The Morgan fingerprint density at radius 1 is 1.14 bits per heavy atom. The van der Waals surface area contributed by atoms with Crippen molar-refractivity contribution in [1.29, 1.82) is 0 Å². The van der Waals surface area contributed by atoms with Crippen LogP contribution in [-0.4, -0.2) is 71.1 Å². The van der Waals surface area contributed by atoms with Crippen molar-refractivity contribution in [3.8, 4) is 17.2 Å². The van der Waals surface area contributed by atoms with E-state index in [2.05, 4.69) is 20.6 Å². The maximum atomic E-state index is 13.0. The van der Waals surface area contributed by atoms with Crippen molar-refractivity contribution < 1.29 is 23.8 Å². The molecule has 0 aliphatic carbocycles. The number of nitrogens with zero attached hydrogens (tertiary/aromatic N) is 4. The van der Waals surface area contributed by atoms with Crippen molar-refractivity contribution in [2.75, 3.05) is 27.9 Å². The molecule has 10 heteroatoms. The number of hydrogen-bond donors (Lipinski definition) is 1. The number of Topliss-reactive ketones (excluding diaryl/α,β-unsaturated/α-hetero) is 1. The van der Waals surface area contributed by atoms with Crippen molar-refractivity contribution >= 4 is 11.7 Å². The third-order valence-electron chi connectivity index (χ3n) is 4.83. The highest BCUT2D eigenvalue weighted by Gasteiger charge is 2.33. The molecule has 0 spiro atoms. The highest BCUT2D eigenvalue weighted by Crippen LogP contribution is 2.38. The molecule has 1 atom stereocenters. The SMILES string of the molecule is COc1cc(C(=O)C(=O)N2CCCCC2Cc2nnn[nH]2)cc(OC)c1OC. The van der Waals surface area contributed by atoms with Crippen molar-refractivity contribution in [2.45, 2.75) is 31.7 Å². The molecule has 1 amide bonds. The first-order chi connectivity index (χ1) is 13.6. The molecular weight excluding hydrogens is 366 g/mol. The maximum Gasteiger partial charge on any atom is 0.295 e. The topological polar surface area (TPSA) is 120 Å². The Hall–Kier alpha value is -3.17. The molecule has 0 radical (unpaired) electrons. The summed E-state index contributed by atoms with van der Waals surface area (Å²) in [4.78, 5) is 27.5. The Balaban J connectivity index is 1.85. The summed E-state index contributed by atoms with van der Waals surface area (Å²) in [6, 6.07) is 2.84. The van der Waals surface area contributed by atoms with Crippen LogP contribution < -0.4 is 14.2 Å². The lowest BCUT2D eigenvalue weighted by Crippen LogP contribution is -2.47. The summed E-state index contributed by atoms with van der Waals surface area (Å²) < 4.78 is 15.8. The van der Waals surface area contributed by atoms with Gasteiger partial charge in [0.2, 0.25) is 5.75 Å². The van der Waals surface area contributed by atoms with Gasteiger partial charge < -0.3 is 19.1 Å². The van der Waals surface area contributed by atoms with Crippen LogP contribution in [-0.2, 0) is 11.2 Å². The van der Waals surface area contributed by atoms with Crippen molar-refractivity contribution in [1.82, 2.24) is 25.5 Å². The first kappa shape index (κ1) is 19.6. The summed E-state index contributed by atoms with van der Waals surface area (Å²) in [5.74, 6) is 0.405. The van der Waals surface area contributed by atoms with E-state index in [0.29, 0.717) is 36.0 Å². The lowest BCUT2D eigenvalue weighted by atomic mass is 9.97. The Kier molecular flexibility index (Phi) is 6.07. The smallest absolute Gasteiger partial charge is 0.295 e. The quantitative estimate of drug-likeness (QED) is 0.551. The van der Waals surface area contributed by atoms with Gasteiger partial charge in [0.1, 0.15) is 0 Å². The van der Waals surface area contributed by atoms with Gasteiger partial charge in [-0.1, -0.05) is 0 Å². The maximum absolute atomic E-state index is 13.0. The van der Waals surface area contributed by atoms with Gasteiger partial charge in [-0.3, -0.25) is 9.59 Å². The van der Waals surface area contributed by atoms with E-state index in [1.165, 1.54) is 33.5 Å². The second-order valence-corrected chi connectivity index (χ2v) is 6.44. The van der Waals surface area contributed by atoms with Crippen LogP contribution >= 0.6 is 0 Å². The number of methoxy groups -OCH3 is 3. The molecule has 3 rings (SSSR count). The first-order valence-electron chi connectivity index (χ1n) is 8.97. The number of rotatable bonds is 7. The summed E-state index contributed by atoms with van der Waals surface area (Å²) in [5.41, 5.74) is 0.185. The van der Waals surface area contributed by atoms with Crippen molar-refractivity contribution in [3.63, 3.8) is 0 Å². The Morgan fingerprint density at radius 2 is 1.86 bits per heavy atom. The normalized spacial score (nSPS) is 16.5. The van der Waals surface area contributed by atoms with Crippen LogP contribution in [0.25, 0.3) is 0 Å². The standard InChI is InChI=1S/C18H23N5O5/c1-26-13-8-11(9-14(27-2)17(13)28-3)16(24)18(25)23-7-5-4-6-12(23)10-15-19-21-22-20-15/h8-9,12H,4-7,10H2,1-3H3,(H,19,20,21,22). The fourth-order valence-corrected chi connectivity index (χ4v) is 3.43. The van der Waals surface area contributed by atoms with Gasteiger partial charge in [0.15, 0.2) is 17.3 Å². The number of aromatic nitrogens is 4. The molecule has 0 bridgehead atoms. The molecule has 2 heterocycles. The molecular formula is C18H23N5O5. The van der Waals surface area contributed by atoms with Gasteiger partial charge in [0.25, 0.3) is 11.7 Å². The molecule has 1 aliphatic rings. The zero-order chi connectivity index (χ0) is 20.1. The summed E-state index contributed by atoms with van der Waals surface area (Å²) in [6.07, 6.45) is 3.09. The molecule has 28 heavy (non-hydrogen) atoms. The van der Waals surface area contributed by atoms with E-state index in [1.54, 1.807) is 4.90 Å². The number of H-pyrrole nitrogens is 1. The van der Waals surface area contributed by atoms with Crippen LogP contribution in [0, 0.1) is 0 Å². The molecule has 1 unspecified atom stereocenters. The highest BCUT2D eigenvalue weighted by atomic mass is 16.5. The minimum Gasteiger partial charge on any atom is -0.493 e. The van der Waals surface area contributed by atoms with Crippen LogP contribution in [0.15, 0.2) is 12.1 Å². The monoisotopic (exact) mass is 389 g/mol. The van der Waals surface area contributed by atoms with E-state index in [4.69, 9.17) is 14.2 Å². The van der Waals surface area contributed by atoms with Gasteiger partial charge in [-0.05, 0) is 41.8 Å². The average molecular weight is 389 g/mol. The third kappa shape index (κ3) is 3.90. The number of carbonyl (C=O) groups is 2. The van der Waals surface area contributed by atoms with Gasteiger partial charge in [0, 0.05) is 24.6 Å². The van der Waals surface area contributed by atoms with Gasteiger partial charge in [-0.2, -0.15) is 0 Å². The molecule has 0 saturated carbocycles. The fourth-order valence-electron chi connectivity index (χ4n) is 3.43. The third-order valence-corrected chi connectivity index (χ3v) is 4.83. The predicted molar refractivity (Wildman–Crippen MR) is 97.7 cm³/mol. The lowest BCUT2D eigenvalue weighted by Gasteiger charge is -2.34. The molecule has 1 fully saturated rings. The second-order valence-electron chi connectivity index (χ2n) is 6.44. The number of ketones is 1. The van der Waals surface area contributed by atoms with E-state index >= 15 is 0 Å². The first-order valence-corrected chi connectivity index (χ1v) is 8.97. The van der Waals surface area contributed by atoms with Crippen molar-refractivity contribution in [2.24, 2.45) is 0 Å². The van der Waals surface area contributed by atoms with Gasteiger partial charge in [-0.15, -0.1) is 5.10 Å². The van der Waals surface area contributed by atoms with Crippen LogP contribution in [0.4, 0.5) is 0 Å². The minimum absolute atomic E-state index is 0.137. The van der Waals surface area contributed by atoms with Crippen molar-refractivity contribution in [3.05, 3.63) is 23.5 Å². The number of ether oxygens (including phenoxy) is 3. The number of piperidine rings is 1. The summed E-state index contributed by atoms with van der Waals surface area (Å²) in [6.45, 7) is 0.515. The molecule has 10 nitrogen and oxygen atoms in total. The summed E-state index contributed by atoms with van der Waals surface area (Å²) in [5, 5.41) is 13.7. The van der Waals surface area contributed by atoms with E-state index in [0.717, 1.165) is 19.3 Å². The Labute approximate surface area is 162 Å². The van der Waals surface area contributed by atoms with E-state index in [1.807, 2.05) is 0 Å². The number of nitrogens with one attached hydrogen (secondary N) is 1. The molecule has 1 saturated heterocycles. The van der Waals surface area contributed by atoms with E-state index in [9.17, 15) is 9.59 Å². The van der Waals surface area contributed by atoms with Gasteiger partial charge in [-0.25, -0.2) is 5.10 Å². The molecule has 1 aromatic carbocycles. The van der Waals surface area contributed by atoms with Crippen LogP contribution in [0.2, 0.25) is 0 Å². The number of amides is 1. The molecule has 150 valence electrons. The lowest BCUT2D eigenvalue weighted by molar-refractivity contribution is -0.129. The Bertz CT molecular complexity index is 814. The average Bonchev–Trinajstić information content (AvgIpc) is 3.25. The van der Waals surface area contributed by atoms with Crippen LogP contribution in [0.3, 0.4) is 0 Å². The van der Waals surface area contributed by atoms with E-state index in [-0.39, 0.29) is 11.6 Å². The van der Waals surface area contributed by atoms with Crippen LogP contribution in [0.5, 0.6) is 17.2 Å².